The Kier molecular flexibility index (Phi) is 4.22. The molecule has 1 aliphatic rings. The van der Waals surface area contributed by atoms with Crippen LogP contribution in [0.25, 0.3) is 10.8 Å². The maximum absolute atomic E-state index is 12.9. The standard InChI is InChI=1S/C16H12F3N3O3S2/c17-16(18,19)10-2-1-3-11(8-10)27(23,24)22-12-6-7-26-13(12)15-20-14(21-25-15)9-4-5-9/h1-3,6-9,22H,4-5H2. The van der Waals surface area contributed by atoms with E-state index in [0.717, 1.165) is 31.0 Å². The van der Waals surface area contributed by atoms with E-state index in [-0.39, 0.29) is 17.5 Å². The van der Waals surface area contributed by atoms with Gasteiger partial charge in [0.2, 0.25) is 0 Å². The van der Waals surface area contributed by atoms with Gasteiger partial charge in [0.1, 0.15) is 4.88 Å². The van der Waals surface area contributed by atoms with Gasteiger partial charge >= 0.3 is 6.18 Å². The second-order valence-electron chi connectivity index (χ2n) is 6.03. The second-order valence-corrected chi connectivity index (χ2v) is 8.63. The summed E-state index contributed by atoms with van der Waals surface area (Å²) >= 11 is 1.19. The lowest BCUT2D eigenvalue weighted by molar-refractivity contribution is -0.137. The van der Waals surface area contributed by atoms with Crippen LogP contribution < -0.4 is 4.72 Å². The Morgan fingerprint density at radius 2 is 2.00 bits per heavy atom. The SMILES string of the molecule is O=S(=O)(Nc1ccsc1-c1nc(C2CC2)no1)c1cccc(C(F)(F)F)c1. The summed E-state index contributed by atoms with van der Waals surface area (Å²) in [5.41, 5.74) is -0.870. The zero-order valence-electron chi connectivity index (χ0n) is 13.5. The molecule has 0 bridgehead atoms. The number of alkyl halides is 3. The highest BCUT2D eigenvalue weighted by Crippen LogP contribution is 2.40. The van der Waals surface area contributed by atoms with Crippen molar-refractivity contribution in [1.29, 1.82) is 0 Å². The average molecular weight is 415 g/mol. The minimum atomic E-state index is -4.64. The molecule has 0 atom stereocenters. The number of hydrogen-bond acceptors (Lipinski definition) is 6. The summed E-state index contributed by atoms with van der Waals surface area (Å²) in [6.45, 7) is 0. The number of hydrogen-bond donors (Lipinski definition) is 1. The number of nitrogens with zero attached hydrogens (tertiary/aromatic N) is 2. The van der Waals surface area contributed by atoms with Crippen LogP contribution in [-0.2, 0) is 16.2 Å². The third-order valence-corrected chi connectivity index (χ3v) is 6.23. The van der Waals surface area contributed by atoms with E-state index in [1.54, 1.807) is 5.38 Å². The van der Waals surface area contributed by atoms with Gasteiger partial charge < -0.3 is 4.52 Å². The molecule has 1 aromatic carbocycles. The molecule has 1 fully saturated rings. The van der Waals surface area contributed by atoms with Crippen molar-refractivity contribution in [2.45, 2.75) is 29.8 Å². The van der Waals surface area contributed by atoms with Gasteiger partial charge in [-0.2, -0.15) is 18.2 Å². The van der Waals surface area contributed by atoms with Gasteiger partial charge in [0, 0.05) is 5.92 Å². The van der Waals surface area contributed by atoms with Crippen LogP contribution >= 0.6 is 11.3 Å². The quantitative estimate of drug-likeness (QED) is 0.663. The molecule has 0 unspecified atom stereocenters. The van der Waals surface area contributed by atoms with E-state index in [2.05, 4.69) is 14.9 Å². The summed E-state index contributed by atoms with van der Waals surface area (Å²) in [7, 11) is -4.23. The molecule has 3 aromatic rings. The largest absolute Gasteiger partial charge is 0.416 e. The lowest BCUT2D eigenvalue weighted by Gasteiger charge is -2.11. The molecular weight excluding hydrogens is 403 g/mol. The van der Waals surface area contributed by atoms with Gasteiger partial charge in [-0.25, -0.2) is 8.42 Å². The molecule has 4 rings (SSSR count). The zero-order valence-corrected chi connectivity index (χ0v) is 15.2. The smallest absolute Gasteiger partial charge is 0.333 e. The van der Waals surface area contributed by atoms with Crippen molar-refractivity contribution < 1.29 is 26.1 Å². The molecule has 1 saturated carbocycles. The topological polar surface area (TPSA) is 85.1 Å². The molecule has 142 valence electrons. The Balaban J connectivity index is 1.63. The second kappa shape index (κ2) is 6.34. The normalized spacial score (nSPS) is 15.1. The van der Waals surface area contributed by atoms with E-state index in [9.17, 15) is 21.6 Å². The van der Waals surface area contributed by atoms with Crippen molar-refractivity contribution in [2.75, 3.05) is 4.72 Å². The van der Waals surface area contributed by atoms with Gasteiger partial charge in [0.25, 0.3) is 15.9 Å². The van der Waals surface area contributed by atoms with Crippen LogP contribution in [0.5, 0.6) is 0 Å². The van der Waals surface area contributed by atoms with Gasteiger partial charge in [-0.1, -0.05) is 11.2 Å². The van der Waals surface area contributed by atoms with Crippen molar-refractivity contribution in [3.8, 4) is 10.8 Å². The fraction of sp³-hybridized carbons (Fsp3) is 0.250. The van der Waals surface area contributed by atoms with Crippen LogP contribution in [0, 0.1) is 0 Å². The summed E-state index contributed by atoms with van der Waals surface area (Å²) < 4.78 is 71.1. The third kappa shape index (κ3) is 3.69. The van der Waals surface area contributed by atoms with Crippen LogP contribution in [0.1, 0.15) is 30.1 Å². The van der Waals surface area contributed by atoms with Crippen LogP contribution in [0.4, 0.5) is 18.9 Å². The number of aromatic nitrogens is 2. The highest BCUT2D eigenvalue weighted by Gasteiger charge is 2.32. The van der Waals surface area contributed by atoms with Crippen molar-refractivity contribution in [2.24, 2.45) is 0 Å². The number of anilines is 1. The molecule has 0 radical (unpaired) electrons. The summed E-state index contributed by atoms with van der Waals surface area (Å²) in [6.07, 6.45) is -2.67. The fourth-order valence-corrected chi connectivity index (χ4v) is 4.38. The maximum Gasteiger partial charge on any atom is 0.416 e. The Hall–Kier alpha value is -2.40. The van der Waals surface area contributed by atoms with Gasteiger partial charge in [-0.15, -0.1) is 11.3 Å². The number of halogens is 3. The van der Waals surface area contributed by atoms with Crippen molar-refractivity contribution in [3.05, 3.63) is 47.1 Å². The van der Waals surface area contributed by atoms with Crippen molar-refractivity contribution in [3.63, 3.8) is 0 Å². The minimum Gasteiger partial charge on any atom is -0.333 e. The zero-order chi connectivity index (χ0) is 19.2. The molecule has 0 aliphatic heterocycles. The maximum atomic E-state index is 12.9. The summed E-state index contributed by atoms with van der Waals surface area (Å²) in [6, 6.07) is 5.04. The lowest BCUT2D eigenvalue weighted by Crippen LogP contribution is -2.14. The number of thiophene rings is 1. The van der Waals surface area contributed by atoms with Crippen LogP contribution in [0.3, 0.4) is 0 Å². The number of nitrogens with one attached hydrogen (secondary N) is 1. The van der Waals surface area contributed by atoms with E-state index < -0.39 is 26.7 Å². The molecule has 0 spiro atoms. The van der Waals surface area contributed by atoms with E-state index in [4.69, 9.17) is 4.52 Å². The fourth-order valence-electron chi connectivity index (χ4n) is 2.43. The van der Waals surface area contributed by atoms with Gasteiger partial charge in [-0.3, -0.25) is 4.72 Å². The first kappa shape index (κ1) is 18.0. The molecule has 2 aromatic heterocycles. The predicted octanol–water partition coefficient (Wildman–Crippen LogP) is 4.50. The molecule has 2 heterocycles. The van der Waals surface area contributed by atoms with Crippen LogP contribution in [0.2, 0.25) is 0 Å². The highest BCUT2D eigenvalue weighted by molar-refractivity contribution is 7.92. The monoisotopic (exact) mass is 415 g/mol. The Labute approximate surface area is 156 Å². The van der Waals surface area contributed by atoms with E-state index in [0.29, 0.717) is 16.8 Å². The van der Waals surface area contributed by atoms with E-state index >= 15 is 0 Å². The van der Waals surface area contributed by atoms with Crippen LogP contribution in [0.15, 0.2) is 45.1 Å². The number of rotatable bonds is 5. The molecular formula is C16H12F3N3O3S2. The van der Waals surface area contributed by atoms with Crippen molar-refractivity contribution in [1.82, 2.24) is 10.1 Å². The van der Waals surface area contributed by atoms with Crippen LogP contribution in [-0.4, -0.2) is 18.6 Å². The van der Waals surface area contributed by atoms with Crippen molar-refractivity contribution >= 4 is 27.0 Å². The number of benzene rings is 1. The first-order valence-corrected chi connectivity index (χ1v) is 10.2. The molecule has 0 amide bonds. The number of sulfonamides is 1. The molecule has 6 nitrogen and oxygen atoms in total. The lowest BCUT2D eigenvalue weighted by atomic mass is 10.2. The van der Waals surface area contributed by atoms with E-state index in [1.807, 2.05) is 0 Å². The van der Waals surface area contributed by atoms with E-state index in [1.165, 1.54) is 17.4 Å². The Morgan fingerprint density at radius 3 is 2.70 bits per heavy atom. The van der Waals surface area contributed by atoms with Gasteiger partial charge in [0.15, 0.2) is 5.82 Å². The first-order chi connectivity index (χ1) is 12.7. The highest BCUT2D eigenvalue weighted by atomic mass is 32.2. The Bertz CT molecular complexity index is 1090. The summed E-state index contributed by atoms with van der Waals surface area (Å²) in [4.78, 5) is 4.19. The summed E-state index contributed by atoms with van der Waals surface area (Å²) in [5, 5.41) is 5.51. The average Bonchev–Trinajstić information content (AvgIpc) is 3.17. The molecule has 1 N–H and O–H groups in total. The molecule has 11 heteroatoms. The molecule has 27 heavy (non-hydrogen) atoms. The predicted molar refractivity (Wildman–Crippen MR) is 91.8 cm³/mol. The first-order valence-electron chi connectivity index (χ1n) is 7.85. The third-order valence-electron chi connectivity index (χ3n) is 3.96. The molecule has 0 saturated heterocycles. The molecule has 1 aliphatic carbocycles. The summed E-state index contributed by atoms with van der Waals surface area (Å²) in [5.74, 6) is 1.02. The minimum absolute atomic E-state index is 0.170. The van der Waals surface area contributed by atoms with Gasteiger partial charge in [-0.05, 0) is 42.5 Å². The van der Waals surface area contributed by atoms with Gasteiger partial charge in [0.05, 0.1) is 16.1 Å². The Morgan fingerprint density at radius 1 is 1.22 bits per heavy atom.